The van der Waals surface area contributed by atoms with Crippen LogP contribution in [0.4, 0.5) is 14.5 Å². The van der Waals surface area contributed by atoms with E-state index in [1.54, 1.807) is 37.4 Å². The predicted molar refractivity (Wildman–Crippen MR) is 158 cm³/mol. The molecular weight excluding hydrogens is 572 g/mol. The molecule has 2 aromatic carbocycles. The molecule has 232 valence electrons. The van der Waals surface area contributed by atoms with Gasteiger partial charge in [-0.05, 0) is 74.1 Å². The summed E-state index contributed by atoms with van der Waals surface area (Å²) in [5, 5.41) is 0. The van der Waals surface area contributed by atoms with E-state index in [9.17, 15) is 23.2 Å². The second kappa shape index (κ2) is 13.4. The number of rotatable bonds is 11. The minimum Gasteiger partial charge on any atom is -0.489 e. The molecule has 1 aliphatic heterocycles. The van der Waals surface area contributed by atoms with E-state index in [1.165, 1.54) is 22.8 Å². The summed E-state index contributed by atoms with van der Waals surface area (Å²) in [6.07, 6.45) is 2.35. The van der Waals surface area contributed by atoms with Crippen molar-refractivity contribution in [2.45, 2.75) is 58.3 Å². The van der Waals surface area contributed by atoms with Crippen molar-refractivity contribution >= 4 is 23.5 Å². The van der Waals surface area contributed by atoms with Gasteiger partial charge in [0.1, 0.15) is 18.3 Å². The Labute approximate surface area is 254 Å². The molecule has 11 heteroatoms. The lowest BCUT2D eigenvalue weighted by molar-refractivity contribution is -0.154. The normalized spacial score (nSPS) is 17.8. The van der Waals surface area contributed by atoms with Crippen molar-refractivity contribution < 1.29 is 37.4 Å². The molecule has 3 aromatic rings. The zero-order chi connectivity index (χ0) is 31.4. The van der Waals surface area contributed by atoms with Crippen LogP contribution in [0, 0.1) is 12.8 Å². The van der Waals surface area contributed by atoms with Crippen LogP contribution in [0.15, 0.2) is 60.7 Å². The van der Waals surface area contributed by atoms with E-state index in [4.69, 9.17) is 9.47 Å². The molecule has 2 fully saturated rings. The number of pyridine rings is 1. The molecule has 2 heterocycles. The van der Waals surface area contributed by atoms with Gasteiger partial charge in [0.05, 0.1) is 12.3 Å². The third kappa shape index (κ3) is 7.50. The van der Waals surface area contributed by atoms with Crippen molar-refractivity contribution in [3.63, 3.8) is 0 Å². The number of alkyl halides is 2. The van der Waals surface area contributed by atoms with Gasteiger partial charge in [-0.2, -0.15) is 8.78 Å². The highest BCUT2D eigenvalue weighted by atomic mass is 19.3. The molecule has 9 nitrogen and oxygen atoms in total. The van der Waals surface area contributed by atoms with Crippen molar-refractivity contribution in [3.05, 3.63) is 83.2 Å². The van der Waals surface area contributed by atoms with Crippen LogP contribution in [0.2, 0.25) is 0 Å². The van der Waals surface area contributed by atoms with Crippen LogP contribution in [0.3, 0.4) is 0 Å². The minimum absolute atomic E-state index is 0.0555. The maximum absolute atomic E-state index is 13.2. The highest BCUT2D eigenvalue weighted by Crippen LogP contribution is 2.39. The predicted octanol–water partition coefficient (Wildman–Crippen LogP) is 5.50. The smallest absolute Gasteiger partial charge is 0.387 e. The maximum Gasteiger partial charge on any atom is 0.387 e. The molecular formula is C33H35F2N3O6. The van der Waals surface area contributed by atoms with E-state index in [0.717, 1.165) is 29.7 Å². The Morgan fingerprint density at radius 1 is 1.05 bits per heavy atom. The summed E-state index contributed by atoms with van der Waals surface area (Å²) < 4.78 is 42.0. The van der Waals surface area contributed by atoms with Gasteiger partial charge in [0.25, 0.3) is 5.91 Å². The zero-order valence-corrected chi connectivity index (χ0v) is 24.9. The fourth-order valence-electron chi connectivity index (χ4n) is 5.20. The fraction of sp³-hybridized carbons (Fsp3) is 0.394. The molecule has 0 N–H and O–H groups in total. The molecule has 2 amide bonds. The second-order valence-electron chi connectivity index (χ2n) is 11.3. The molecule has 1 aliphatic carbocycles. The van der Waals surface area contributed by atoms with Gasteiger partial charge < -0.3 is 24.0 Å². The van der Waals surface area contributed by atoms with Crippen LogP contribution in [0.1, 0.15) is 59.4 Å². The van der Waals surface area contributed by atoms with E-state index in [0.29, 0.717) is 18.2 Å². The molecule has 44 heavy (non-hydrogen) atoms. The first-order valence-corrected chi connectivity index (χ1v) is 14.5. The second-order valence-corrected chi connectivity index (χ2v) is 11.3. The van der Waals surface area contributed by atoms with Crippen LogP contribution in [-0.4, -0.2) is 60.5 Å². The van der Waals surface area contributed by atoms with E-state index in [-0.39, 0.29) is 54.5 Å². The van der Waals surface area contributed by atoms with E-state index in [1.807, 2.05) is 31.2 Å². The molecule has 5 rings (SSSR count). The topological polar surface area (TPSA) is 98.3 Å². The molecule has 1 saturated carbocycles. The molecule has 0 spiro atoms. The average molecular weight is 608 g/mol. The summed E-state index contributed by atoms with van der Waals surface area (Å²) in [6.45, 7) is 0.829. The van der Waals surface area contributed by atoms with E-state index >= 15 is 0 Å². The highest BCUT2D eigenvalue weighted by Gasteiger charge is 2.40. The number of nitrogens with zero attached hydrogens (tertiary/aromatic N) is 3. The van der Waals surface area contributed by atoms with Gasteiger partial charge in [0.15, 0.2) is 11.5 Å². The zero-order valence-electron chi connectivity index (χ0n) is 24.9. The molecule has 1 saturated heterocycles. The SMILES string of the molecule is CC(=O)N1C[C@H](c2ccc(OC(F)F)c(OCC3CC3)c2)C[C@@H]1C(=O)OCc1cccc(C(=O)N(C)c2ccc(C)cc2)n1. The third-order valence-corrected chi connectivity index (χ3v) is 7.92. The Balaban J connectivity index is 1.25. The van der Waals surface area contributed by atoms with Gasteiger partial charge in [0.2, 0.25) is 5.91 Å². The number of amides is 2. The number of esters is 1. The summed E-state index contributed by atoms with van der Waals surface area (Å²) in [5.41, 5.74) is 3.12. The van der Waals surface area contributed by atoms with Gasteiger partial charge in [-0.25, -0.2) is 9.78 Å². The Morgan fingerprint density at radius 2 is 1.80 bits per heavy atom. The standard InChI is InChI=1S/C33H35F2N3O6/c1-20-7-12-26(13-8-20)37(3)31(40)27-6-4-5-25(36-27)19-43-32(41)28-15-24(17-38(28)21(2)39)23-11-14-29(44-33(34)35)30(16-23)42-18-22-9-10-22/h4-8,11-14,16,22,24,28,33H,9-10,15,17-19H2,1-3H3/t24-,28-/m1/s1. The van der Waals surface area contributed by atoms with Crippen molar-refractivity contribution in [2.75, 3.05) is 25.1 Å². The van der Waals surface area contributed by atoms with Crippen molar-refractivity contribution in [2.24, 2.45) is 5.92 Å². The van der Waals surface area contributed by atoms with Gasteiger partial charge >= 0.3 is 12.6 Å². The highest BCUT2D eigenvalue weighted by molar-refractivity contribution is 6.04. The number of ether oxygens (including phenoxy) is 3. The molecule has 0 unspecified atom stereocenters. The summed E-state index contributed by atoms with van der Waals surface area (Å²) >= 11 is 0. The number of anilines is 1. The first-order chi connectivity index (χ1) is 21.1. The number of aromatic nitrogens is 1. The lowest BCUT2D eigenvalue weighted by Gasteiger charge is -2.21. The fourth-order valence-corrected chi connectivity index (χ4v) is 5.20. The minimum atomic E-state index is -3.00. The van der Waals surface area contributed by atoms with Crippen molar-refractivity contribution in [1.29, 1.82) is 0 Å². The molecule has 0 bridgehead atoms. The summed E-state index contributed by atoms with van der Waals surface area (Å²) in [7, 11) is 1.66. The Hall–Kier alpha value is -4.54. The first-order valence-electron chi connectivity index (χ1n) is 14.5. The number of likely N-dealkylation sites (tertiary alicyclic amines) is 1. The number of aryl methyl sites for hydroxylation is 1. The van der Waals surface area contributed by atoms with Crippen LogP contribution < -0.4 is 14.4 Å². The summed E-state index contributed by atoms with van der Waals surface area (Å²) in [4.78, 5) is 46.1. The van der Waals surface area contributed by atoms with Gasteiger partial charge in [0, 0.05) is 32.1 Å². The van der Waals surface area contributed by atoms with Crippen LogP contribution >= 0.6 is 0 Å². The van der Waals surface area contributed by atoms with Crippen molar-refractivity contribution in [1.82, 2.24) is 9.88 Å². The van der Waals surface area contributed by atoms with Crippen LogP contribution in [0.5, 0.6) is 11.5 Å². The number of halogens is 2. The Morgan fingerprint density at radius 3 is 2.48 bits per heavy atom. The van der Waals surface area contributed by atoms with Gasteiger partial charge in [-0.3, -0.25) is 9.59 Å². The Bertz CT molecular complexity index is 1510. The van der Waals surface area contributed by atoms with Gasteiger partial charge in [-0.15, -0.1) is 0 Å². The van der Waals surface area contributed by atoms with Crippen molar-refractivity contribution in [3.8, 4) is 11.5 Å². The lowest BCUT2D eigenvalue weighted by atomic mass is 9.96. The number of carbonyl (C=O) groups is 3. The molecule has 0 radical (unpaired) electrons. The average Bonchev–Trinajstić information content (AvgIpc) is 3.73. The number of hydrogen-bond donors (Lipinski definition) is 0. The van der Waals surface area contributed by atoms with Crippen LogP contribution in [-0.2, 0) is 20.9 Å². The van der Waals surface area contributed by atoms with E-state index < -0.39 is 18.6 Å². The summed E-state index contributed by atoms with van der Waals surface area (Å²) in [6, 6.07) is 16.3. The number of hydrogen-bond acceptors (Lipinski definition) is 7. The molecule has 2 aliphatic rings. The third-order valence-electron chi connectivity index (χ3n) is 7.92. The lowest BCUT2D eigenvalue weighted by Crippen LogP contribution is -2.40. The Kier molecular flexibility index (Phi) is 9.41. The van der Waals surface area contributed by atoms with Gasteiger partial charge in [-0.1, -0.05) is 29.8 Å². The van der Waals surface area contributed by atoms with Crippen LogP contribution in [0.25, 0.3) is 0 Å². The number of benzene rings is 2. The molecule has 1 aromatic heterocycles. The summed E-state index contributed by atoms with van der Waals surface area (Å²) in [5.74, 6) is -0.892. The molecule has 2 atom stereocenters. The maximum atomic E-state index is 13.2. The quantitative estimate of drug-likeness (QED) is 0.265. The monoisotopic (exact) mass is 607 g/mol. The largest absolute Gasteiger partial charge is 0.489 e. The number of carbonyl (C=O) groups excluding carboxylic acids is 3. The van der Waals surface area contributed by atoms with E-state index in [2.05, 4.69) is 9.72 Å². The first kappa shape index (κ1) is 30.9.